The van der Waals surface area contributed by atoms with Crippen LogP contribution in [0.4, 0.5) is 4.39 Å². The van der Waals surface area contributed by atoms with E-state index in [1.807, 2.05) is 0 Å². The first-order valence-electron chi connectivity index (χ1n) is 11.0. The molecule has 1 aromatic carbocycles. The van der Waals surface area contributed by atoms with Crippen LogP contribution in [-0.4, -0.2) is 52.2 Å². The predicted molar refractivity (Wildman–Crippen MR) is 120 cm³/mol. The topological polar surface area (TPSA) is 131 Å². The molecule has 0 radical (unpaired) electrons. The highest BCUT2D eigenvalue weighted by atomic mass is 32.2. The van der Waals surface area contributed by atoms with Crippen LogP contribution in [0.25, 0.3) is 0 Å². The fraction of sp³-hybridized carbons (Fsp3) is 0.500. The number of carbonyl (C=O) groups is 1. The maximum atomic E-state index is 13.9. The number of sulfonamides is 1. The molecule has 0 saturated carbocycles. The van der Waals surface area contributed by atoms with Crippen LogP contribution in [0, 0.1) is 5.82 Å². The van der Waals surface area contributed by atoms with Crippen LogP contribution in [0.5, 0.6) is 5.75 Å². The van der Waals surface area contributed by atoms with Crippen molar-refractivity contribution < 1.29 is 27.4 Å². The van der Waals surface area contributed by atoms with Gasteiger partial charge in [-0.3, -0.25) is 14.2 Å². The highest BCUT2D eigenvalue weighted by molar-refractivity contribution is 7.89. The van der Waals surface area contributed by atoms with Gasteiger partial charge in [0.1, 0.15) is 17.2 Å². The molecule has 3 heterocycles. The first kappa shape index (κ1) is 24.3. The highest BCUT2D eigenvalue weighted by Gasteiger charge is 2.34. The van der Waals surface area contributed by atoms with E-state index in [1.165, 1.54) is 27.1 Å². The van der Waals surface area contributed by atoms with E-state index < -0.39 is 44.4 Å². The molecule has 1 fully saturated rings. The van der Waals surface area contributed by atoms with Crippen molar-refractivity contribution in [2.75, 3.05) is 18.9 Å². The van der Waals surface area contributed by atoms with E-state index >= 15 is 0 Å². The molecular formula is C22H27FN4O6S. The molecule has 1 amide bonds. The van der Waals surface area contributed by atoms with Gasteiger partial charge in [0.25, 0.3) is 11.5 Å². The van der Waals surface area contributed by atoms with Crippen LogP contribution in [0.15, 0.2) is 23.0 Å². The molecule has 12 heteroatoms. The lowest BCUT2D eigenvalue weighted by Crippen LogP contribution is -2.42. The van der Waals surface area contributed by atoms with E-state index in [-0.39, 0.29) is 37.8 Å². The van der Waals surface area contributed by atoms with Gasteiger partial charge in [-0.25, -0.2) is 17.8 Å². The number of nitrogens with zero attached hydrogens (tertiary/aromatic N) is 3. The van der Waals surface area contributed by atoms with Gasteiger partial charge < -0.3 is 15.2 Å². The summed E-state index contributed by atoms with van der Waals surface area (Å²) in [5.74, 6) is -1.81. The van der Waals surface area contributed by atoms with Gasteiger partial charge in [-0.2, -0.15) is 4.31 Å². The Balaban J connectivity index is 1.57. The summed E-state index contributed by atoms with van der Waals surface area (Å²) < 4.78 is 46.9. The number of ether oxygens (including phenoxy) is 1. The molecular weight excluding hydrogens is 467 g/mol. The second kappa shape index (κ2) is 9.08. The molecule has 0 spiro atoms. The number of aromatic nitrogens is 2. The van der Waals surface area contributed by atoms with Crippen LogP contribution in [-0.2, 0) is 40.0 Å². The minimum atomic E-state index is -3.42. The van der Waals surface area contributed by atoms with Crippen LogP contribution >= 0.6 is 0 Å². The van der Waals surface area contributed by atoms with Crippen LogP contribution in [0.1, 0.15) is 54.1 Å². The smallest absolute Gasteiger partial charge is 0.296 e. The number of fused-ring (bicyclic) bond motifs is 1. The molecule has 1 aromatic heterocycles. The van der Waals surface area contributed by atoms with Gasteiger partial charge in [-0.1, -0.05) is 6.07 Å². The van der Waals surface area contributed by atoms with Crippen molar-refractivity contribution in [1.82, 2.24) is 19.2 Å². The zero-order valence-corrected chi connectivity index (χ0v) is 19.8. The van der Waals surface area contributed by atoms with Crippen molar-refractivity contribution in [1.29, 1.82) is 0 Å². The predicted octanol–water partition coefficient (Wildman–Crippen LogP) is 1.21. The van der Waals surface area contributed by atoms with E-state index in [2.05, 4.69) is 10.3 Å². The summed E-state index contributed by atoms with van der Waals surface area (Å²) in [6, 6.07) is 3.93. The van der Waals surface area contributed by atoms with Crippen molar-refractivity contribution in [3.05, 3.63) is 57.0 Å². The number of benzene rings is 1. The lowest BCUT2D eigenvalue weighted by molar-refractivity contribution is -0.0566. The Morgan fingerprint density at radius 2 is 2.03 bits per heavy atom. The Labute approximate surface area is 196 Å². The largest absolute Gasteiger partial charge is 0.501 e. The number of amides is 1. The molecule has 1 saturated heterocycles. The second-order valence-electron chi connectivity index (χ2n) is 8.90. The van der Waals surface area contributed by atoms with E-state index in [0.29, 0.717) is 24.1 Å². The van der Waals surface area contributed by atoms with Gasteiger partial charge in [-0.15, -0.1) is 0 Å². The SMILES string of the molecule is CC1(C)OCCn2c1nc(C(=O)NCc1ccc(F)cc1CN1CCCCS1(=O)=O)c(O)c2=O. The fourth-order valence-corrected chi connectivity index (χ4v) is 5.78. The van der Waals surface area contributed by atoms with E-state index in [0.717, 1.165) is 6.42 Å². The maximum Gasteiger partial charge on any atom is 0.296 e. The lowest BCUT2D eigenvalue weighted by Gasteiger charge is -2.32. The molecule has 0 aliphatic carbocycles. The summed E-state index contributed by atoms with van der Waals surface area (Å²) in [6.07, 6.45) is 1.31. The van der Waals surface area contributed by atoms with E-state index in [9.17, 15) is 27.5 Å². The third-order valence-electron chi connectivity index (χ3n) is 6.08. The van der Waals surface area contributed by atoms with Gasteiger partial charge in [0.2, 0.25) is 15.8 Å². The molecule has 2 aromatic rings. The van der Waals surface area contributed by atoms with Crippen molar-refractivity contribution >= 4 is 15.9 Å². The summed E-state index contributed by atoms with van der Waals surface area (Å²) in [4.78, 5) is 29.7. The zero-order chi connectivity index (χ0) is 24.7. The molecule has 2 aliphatic heterocycles. The first-order valence-corrected chi connectivity index (χ1v) is 12.6. The third kappa shape index (κ3) is 4.70. The Bertz CT molecular complexity index is 1290. The van der Waals surface area contributed by atoms with Crippen molar-refractivity contribution in [3.8, 4) is 5.75 Å². The summed E-state index contributed by atoms with van der Waals surface area (Å²) in [5.41, 5.74) is -1.16. The number of aromatic hydroxyl groups is 1. The Hall–Kier alpha value is -2.83. The second-order valence-corrected chi connectivity index (χ2v) is 11.0. The van der Waals surface area contributed by atoms with Crippen LogP contribution in [0.3, 0.4) is 0 Å². The van der Waals surface area contributed by atoms with Crippen LogP contribution < -0.4 is 10.9 Å². The van der Waals surface area contributed by atoms with Gasteiger partial charge in [0.15, 0.2) is 5.69 Å². The monoisotopic (exact) mass is 494 g/mol. The molecule has 34 heavy (non-hydrogen) atoms. The molecule has 0 bridgehead atoms. The number of hydrogen-bond acceptors (Lipinski definition) is 7. The summed E-state index contributed by atoms with van der Waals surface area (Å²) in [5, 5.41) is 12.9. The lowest BCUT2D eigenvalue weighted by atomic mass is 10.1. The molecule has 2 N–H and O–H groups in total. The highest BCUT2D eigenvalue weighted by Crippen LogP contribution is 2.27. The number of halogens is 1. The van der Waals surface area contributed by atoms with Crippen LogP contribution in [0.2, 0.25) is 0 Å². The van der Waals surface area contributed by atoms with Gasteiger partial charge in [-0.05, 0) is 49.9 Å². The number of hydrogen-bond donors (Lipinski definition) is 2. The third-order valence-corrected chi connectivity index (χ3v) is 7.99. The summed E-state index contributed by atoms with van der Waals surface area (Å²) >= 11 is 0. The summed E-state index contributed by atoms with van der Waals surface area (Å²) in [6.45, 7) is 4.15. The van der Waals surface area contributed by atoms with Crippen molar-refractivity contribution in [3.63, 3.8) is 0 Å². The molecule has 0 atom stereocenters. The molecule has 10 nitrogen and oxygen atoms in total. The van der Waals surface area contributed by atoms with Crippen molar-refractivity contribution in [2.24, 2.45) is 0 Å². The Kier molecular flexibility index (Phi) is 6.49. The normalized spacial score (nSPS) is 19.4. The Morgan fingerprint density at radius 1 is 1.26 bits per heavy atom. The zero-order valence-electron chi connectivity index (χ0n) is 19.0. The maximum absolute atomic E-state index is 13.9. The quantitative estimate of drug-likeness (QED) is 0.639. The first-order chi connectivity index (χ1) is 16.0. The summed E-state index contributed by atoms with van der Waals surface area (Å²) in [7, 11) is -3.42. The minimum Gasteiger partial charge on any atom is -0.501 e. The van der Waals surface area contributed by atoms with Crippen molar-refractivity contribution in [2.45, 2.75) is 51.9 Å². The number of carbonyl (C=O) groups excluding carboxylic acids is 1. The molecule has 184 valence electrons. The standard InChI is InChI=1S/C22H27FN4O6S/c1-22(2)21-25-17(18(28)20(30)27(21)8-9-33-22)19(29)24-12-14-5-6-16(23)11-15(14)13-26-7-3-4-10-34(26,31)32/h5-6,11,28H,3-4,7-10,12-13H2,1-2H3,(H,24,29). The molecule has 2 aliphatic rings. The van der Waals surface area contributed by atoms with E-state index in [4.69, 9.17) is 4.74 Å². The fourth-order valence-electron chi connectivity index (χ4n) is 4.21. The number of rotatable bonds is 5. The van der Waals surface area contributed by atoms with E-state index in [1.54, 1.807) is 13.8 Å². The Morgan fingerprint density at radius 3 is 2.76 bits per heavy atom. The van der Waals surface area contributed by atoms with Gasteiger partial charge in [0.05, 0.1) is 18.9 Å². The number of nitrogens with one attached hydrogen (secondary N) is 1. The minimum absolute atomic E-state index is 0.0134. The molecule has 0 unspecified atom stereocenters. The molecule has 4 rings (SSSR count). The average molecular weight is 495 g/mol. The van der Waals surface area contributed by atoms with Gasteiger partial charge >= 0.3 is 0 Å². The van der Waals surface area contributed by atoms with Gasteiger partial charge in [0, 0.05) is 19.6 Å². The average Bonchev–Trinajstić information content (AvgIpc) is 2.77.